The zero-order valence-corrected chi connectivity index (χ0v) is 38.1. The third-order valence-electron chi connectivity index (χ3n) is 12.5. The number of carbonyl (C=O) groups excluding carboxylic acids is 1. The summed E-state index contributed by atoms with van der Waals surface area (Å²) in [4.78, 5) is 13.0. The average Bonchev–Trinajstić information content (AvgIpc) is 3.22. The Balaban J connectivity index is 2.22. The first kappa shape index (κ1) is 55.2. The molecule has 346 valence electrons. The van der Waals surface area contributed by atoms with Crippen LogP contribution in [0.5, 0.6) is 0 Å². The number of rotatable bonds is 43. The molecule has 0 saturated carbocycles. The first-order chi connectivity index (χ1) is 28.3. The molecule has 0 aromatic rings. The van der Waals surface area contributed by atoms with Crippen LogP contribution in [0.2, 0.25) is 0 Å². The van der Waals surface area contributed by atoms with Gasteiger partial charge < -0.3 is 40.3 Å². The van der Waals surface area contributed by atoms with Gasteiger partial charge in [0.1, 0.15) is 24.4 Å². The molecule has 1 aliphatic rings. The van der Waals surface area contributed by atoms with Gasteiger partial charge >= 0.3 is 0 Å². The minimum Gasteiger partial charge on any atom is -0.394 e. The molecule has 9 nitrogen and oxygen atoms in total. The van der Waals surface area contributed by atoms with Gasteiger partial charge in [0.25, 0.3) is 0 Å². The number of hydrogen-bond acceptors (Lipinski definition) is 8. The molecule has 1 fully saturated rings. The summed E-state index contributed by atoms with van der Waals surface area (Å²) < 4.78 is 11.3. The minimum atomic E-state index is -1.55. The number of hydrogen-bond donors (Lipinski definition) is 6. The zero-order chi connectivity index (χ0) is 42.3. The average molecular weight is 828 g/mol. The van der Waals surface area contributed by atoms with E-state index in [1.165, 1.54) is 186 Å². The van der Waals surface area contributed by atoms with E-state index in [4.69, 9.17) is 9.47 Å². The van der Waals surface area contributed by atoms with Crippen molar-refractivity contribution in [3.05, 3.63) is 0 Å². The highest BCUT2D eigenvalue weighted by atomic mass is 16.7. The first-order valence-electron chi connectivity index (χ1n) is 25.2. The highest BCUT2D eigenvalue weighted by molar-refractivity contribution is 5.76. The summed E-state index contributed by atoms with van der Waals surface area (Å²) in [6.07, 6.45) is 38.3. The highest BCUT2D eigenvalue weighted by Crippen LogP contribution is 2.23. The fourth-order valence-electron chi connectivity index (χ4n) is 8.40. The summed E-state index contributed by atoms with van der Waals surface area (Å²) in [5, 5.41) is 54.4. The van der Waals surface area contributed by atoms with Crippen LogP contribution in [0.25, 0.3) is 0 Å². The van der Waals surface area contributed by atoms with E-state index in [-0.39, 0.29) is 12.5 Å². The lowest BCUT2D eigenvalue weighted by atomic mass is 9.99. The standard InChI is InChI=1S/C49H97NO8/c1-3-5-7-9-11-13-15-17-18-19-20-21-22-23-24-25-27-29-31-33-35-37-39-45(53)50-42(41-57-49-48(56)47(55)46(54)44(40-51)58-49)43(52)38-36-34-32-30-28-26-16-14-12-10-8-6-4-2/h42-44,46-49,51-52,54-56H,3-41H2,1-2H3,(H,50,53)/t42-,43+,44+,46+,47?,48?,49+/m0/s1. The molecular formula is C49H97NO8. The van der Waals surface area contributed by atoms with Crippen molar-refractivity contribution >= 4 is 5.91 Å². The number of aliphatic hydroxyl groups is 5. The first-order valence-corrected chi connectivity index (χ1v) is 25.2. The van der Waals surface area contributed by atoms with Crippen LogP contribution in [-0.4, -0.2) is 87.5 Å². The molecular weight excluding hydrogens is 731 g/mol. The lowest BCUT2D eigenvalue weighted by Crippen LogP contribution is -2.60. The highest BCUT2D eigenvalue weighted by Gasteiger charge is 2.44. The van der Waals surface area contributed by atoms with Crippen LogP contribution in [0.15, 0.2) is 0 Å². The summed E-state index contributed by atoms with van der Waals surface area (Å²) in [6.45, 7) is 3.86. The van der Waals surface area contributed by atoms with Crippen LogP contribution in [0.4, 0.5) is 0 Å². The molecule has 1 saturated heterocycles. The number of ether oxygens (including phenoxy) is 2. The molecule has 0 aromatic carbocycles. The molecule has 2 unspecified atom stereocenters. The van der Waals surface area contributed by atoms with Crippen LogP contribution in [0.1, 0.15) is 251 Å². The van der Waals surface area contributed by atoms with Crippen LogP contribution in [0.3, 0.4) is 0 Å². The van der Waals surface area contributed by atoms with Crippen molar-refractivity contribution in [2.75, 3.05) is 13.2 Å². The maximum absolute atomic E-state index is 13.0. The zero-order valence-electron chi connectivity index (χ0n) is 38.1. The molecule has 1 aliphatic heterocycles. The van der Waals surface area contributed by atoms with Crippen LogP contribution >= 0.6 is 0 Å². The molecule has 0 radical (unpaired) electrons. The number of amides is 1. The fourth-order valence-corrected chi connectivity index (χ4v) is 8.40. The molecule has 6 N–H and O–H groups in total. The predicted octanol–water partition coefficient (Wildman–Crippen LogP) is 11.1. The van der Waals surface area contributed by atoms with Gasteiger partial charge in [-0.1, -0.05) is 232 Å². The number of aliphatic hydroxyl groups excluding tert-OH is 5. The monoisotopic (exact) mass is 828 g/mol. The lowest BCUT2D eigenvalue weighted by molar-refractivity contribution is -0.302. The largest absolute Gasteiger partial charge is 0.394 e. The topological polar surface area (TPSA) is 149 Å². The lowest BCUT2D eigenvalue weighted by Gasteiger charge is -2.40. The van der Waals surface area contributed by atoms with Crippen molar-refractivity contribution < 1.29 is 39.8 Å². The van der Waals surface area contributed by atoms with Gasteiger partial charge in [0.2, 0.25) is 5.91 Å². The van der Waals surface area contributed by atoms with Crippen LogP contribution < -0.4 is 5.32 Å². The van der Waals surface area contributed by atoms with Gasteiger partial charge in [-0.15, -0.1) is 0 Å². The third kappa shape index (κ3) is 30.3. The van der Waals surface area contributed by atoms with Gasteiger partial charge in [-0.25, -0.2) is 0 Å². The molecule has 0 bridgehead atoms. The number of nitrogens with one attached hydrogen (secondary N) is 1. The minimum absolute atomic E-state index is 0.132. The van der Waals surface area contributed by atoms with E-state index in [0.29, 0.717) is 12.8 Å². The Morgan fingerprint density at radius 1 is 0.517 bits per heavy atom. The molecule has 58 heavy (non-hydrogen) atoms. The maximum Gasteiger partial charge on any atom is 0.220 e. The summed E-state index contributed by atoms with van der Waals surface area (Å²) in [7, 11) is 0. The van der Waals surface area contributed by atoms with E-state index in [2.05, 4.69) is 19.2 Å². The number of unbranched alkanes of at least 4 members (excludes halogenated alkanes) is 33. The van der Waals surface area contributed by atoms with Crippen molar-refractivity contribution in [2.45, 2.75) is 294 Å². The Kier molecular flexibility index (Phi) is 38.3. The molecule has 9 heteroatoms. The molecule has 0 spiro atoms. The van der Waals surface area contributed by atoms with Crippen molar-refractivity contribution in [2.24, 2.45) is 0 Å². The van der Waals surface area contributed by atoms with Crippen LogP contribution in [-0.2, 0) is 14.3 Å². The van der Waals surface area contributed by atoms with E-state index in [1.54, 1.807) is 0 Å². The number of carbonyl (C=O) groups is 1. The van der Waals surface area contributed by atoms with E-state index in [0.717, 1.165) is 38.5 Å². The summed E-state index contributed by atoms with van der Waals surface area (Å²) in [5.41, 5.74) is 0. The summed E-state index contributed by atoms with van der Waals surface area (Å²) in [5.74, 6) is -0.139. The van der Waals surface area contributed by atoms with E-state index in [9.17, 15) is 30.3 Å². The van der Waals surface area contributed by atoms with Gasteiger partial charge in [-0.05, 0) is 12.8 Å². The normalized spacial score (nSPS) is 20.7. The summed E-state index contributed by atoms with van der Waals surface area (Å²) >= 11 is 0. The van der Waals surface area contributed by atoms with Gasteiger partial charge in [-0.2, -0.15) is 0 Å². The van der Waals surface area contributed by atoms with E-state index >= 15 is 0 Å². The Labute approximate surface area is 357 Å². The molecule has 7 atom stereocenters. The Bertz CT molecular complexity index is 878. The second kappa shape index (κ2) is 40.3. The van der Waals surface area contributed by atoms with Crippen molar-refractivity contribution in [3.8, 4) is 0 Å². The molecule has 1 amide bonds. The fraction of sp³-hybridized carbons (Fsp3) is 0.980. The van der Waals surface area contributed by atoms with E-state index < -0.39 is 49.5 Å². The maximum atomic E-state index is 13.0. The van der Waals surface area contributed by atoms with Gasteiger partial charge in [0.05, 0.1) is 25.4 Å². The van der Waals surface area contributed by atoms with Crippen LogP contribution in [0, 0.1) is 0 Å². The Morgan fingerprint density at radius 2 is 0.862 bits per heavy atom. The molecule has 0 aliphatic carbocycles. The van der Waals surface area contributed by atoms with Gasteiger partial charge in [-0.3, -0.25) is 4.79 Å². The molecule has 0 aromatic heterocycles. The van der Waals surface area contributed by atoms with Crippen molar-refractivity contribution in [3.63, 3.8) is 0 Å². The SMILES string of the molecule is CCCCCCCCCCCCCCCCCCCCCCCCC(=O)N[C@@H](CO[C@@H]1O[C@H](CO)[C@@H](O)C(O)C1O)[C@H](O)CCCCCCCCCCCCCCC. The van der Waals surface area contributed by atoms with Gasteiger partial charge in [0, 0.05) is 6.42 Å². The molecule has 1 rings (SSSR count). The quantitative estimate of drug-likeness (QED) is 0.0333. The predicted molar refractivity (Wildman–Crippen MR) is 240 cm³/mol. The Morgan fingerprint density at radius 3 is 1.22 bits per heavy atom. The van der Waals surface area contributed by atoms with Crippen molar-refractivity contribution in [1.82, 2.24) is 5.32 Å². The molecule has 1 heterocycles. The second-order valence-electron chi connectivity index (χ2n) is 18.0. The Hall–Kier alpha value is -0.810. The van der Waals surface area contributed by atoms with Gasteiger partial charge in [0.15, 0.2) is 6.29 Å². The smallest absolute Gasteiger partial charge is 0.220 e. The second-order valence-corrected chi connectivity index (χ2v) is 18.0. The third-order valence-corrected chi connectivity index (χ3v) is 12.5. The van der Waals surface area contributed by atoms with Crippen molar-refractivity contribution in [1.29, 1.82) is 0 Å². The van der Waals surface area contributed by atoms with E-state index in [1.807, 2.05) is 0 Å². The summed E-state index contributed by atoms with van der Waals surface area (Å²) in [6, 6.07) is -0.711.